The number of nitrogens with zero attached hydrogens (tertiary/aromatic N) is 7. The summed E-state index contributed by atoms with van der Waals surface area (Å²) in [6.07, 6.45) is 5.56. The lowest BCUT2D eigenvalue weighted by Crippen LogP contribution is -2.22. The molecule has 0 amide bonds. The van der Waals surface area contributed by atoms with Crippen molar-refractivity contribution >= 4 is 11.8 Å². The van der Waals surface area contributed by atoms with Gasteiger partial charge in [-0.3, -0.25) is 9.36 Å². The van der Waals surface area contributed by atoms with Gasteiger partial charge in [-0.2, -0.15) is 0 Å². The Morgan fingerprint density at radius 3 is 2.14 bits per heavy atom. The Morgan fingerprint density at radius 1 is 0.919 bits per heavy atom. The van der Waals surface area contributed by atoms with Crippen molar-refractivity contribution in [2.75, 3.05) is 25.0 Å². The smallest absolute Gasteiger partial charge is 0.162 e. The summed E-state index contributed by atoms with van der Waals surface area (Å²) in [5, 5.41) is 16.6. The minimum atomic E-state index is 0.242. The third-order valence-corrected chi connectivity index (χ3v) is 6.18. The van der Waals surface area contributed by atoms with Crippen molar-refractivity contribution in [1.29, 1.82) is 0 Å². The molecular weight excluding hydrogens is 470 g/mol. The molecule has 0 aliphatic carbocycles. The zero-order chi connectivity index (χ0) is 25.8. The summed E-state index contributed by atoms with van der Waals surface area (Å²) < 4.78 is 15.9. The van der Waals surface area contributed by atoms with E-state index in [1.165, 1.54) is 0 Å². The van der Waals surface area contributed by atoms with Crippen LogP contribution in [0.5, 0.6) is 11.5 Å². The molecule has 11 nitrogen and oxygen atoms in total. The maximum absolute atomic E-state index is 6.25. The molecule has 192 valence electrons. The van der Waals surface area contributed by atoms with Crippen molar-refractivity contribution in [3.05, 3.63) is 71.8 Å². The maximum atomic E-state index is 6.25. The molecule has 0 saturated carbocycles. The minimum Gasteiger partial charge on any atom is -0.483 e. The summed E-state index contributed by atoms with van der Waals surface area (Å²) >= 11 is 0. The first-order valence-electron chi connectivity index (χ1n) is 12.2. The number of nitrogens with two attached hydrogens (primary N) is 2. The fourth-order valence-corrected chi connectivity index (χ4v) is 4.51. The third kappa shape index (κ3) is 5.18. The SMILES string of the molecule is C=Cc1cccc2c1N(C)Cc1cc(OCc3cn(CCN)nn3)c(OCc3cn(CCN)nn3)cc1-2. The van der Waals surface area contributed by atoms with Gasteiger partial charge in [0.1, 0.15) is 24.6 Å². The standard InChI is InChI=1S/C26H31N9O2/c1-3-18-5-4-6-22-23-12-25(37-17-21-15-35(10-8-28)32-30-21)24(11-19(23)13-33(2)26(18)22)36-16-20-14-34(9-7-27)31-29-20/h3-6,11-12,14-15H,1,7-10,13,16-17,27-28H2,2H3. The summed E-state index contributed by atoms with van der Waals surface area (Å²) in [6, 6.07) is 10.3. The molecule has 0 atom stereocenters. The predicted octanol–water partition coefficient (Wildman–Crippen LogP) is 2.20. The van der Waals surface area contributed by atoms with E-state index in [1.54, 1.807) is 9.36 Å². The molecule has 1 aliphatic heterocycles. The van der Waals surface area contributed by atoms with E-state index in [2.05, 4.69) is 51.3 Å². The summed E-state index contributed by atoms with van der Waals surface area (Å²) in [5.74, 6) is 1.24. The first kappa shape index (κ1) is 24.5. The van der Waals surface area contributed by atoms with Crippen molar-refractivity contribution in [2.24, 2.45) is 11.5 Å². The summed E-state index contributed by atoms with van der Waals surface area (Å²) in [5.41, 5.74) is 18.2. The highest BCUT2D eigenvalue weighted by Gasteiger charge is 2.24. The lowest BCUT2D eigenvalue weighted by Gasteiger charge is -2.32. The molecule has 0 unspecified atom stereocenters. The highest BCUT2D eigenvalue weighted by Crippen LogP contribution is 2.45. The van der Waals surface area contributed by atoms with Gasteiger partial charge in [0, 0.05) is 32.2 Å². The van der Waals surface area contributed by atoms with Crippen molar-refractivity contribution in [3.63, 3.8) is 0 Å². The molecule has 0 saturated heterocycles. The highest BCUT2D eigenvalue weighted by atomic mass is 16.5. The van der Waals surface area contributed by atoms with Gasteiger partial charge in [0.2, 0.25) is 0 Å². The Balaban J connectivity index is 1.47. The van der Waals surface area contributed by atoms with E-state index in [-0.39, 0.29) is 13.2 Å². The van der Waals surface area contributed by atoms with E-state index in [0.717, 1.165) is 34.5 Å². The second kappa shape index (κ2) is 10.8. The van der Waals surface area contributed by atoms with E-state index >= 15 is 0 Å². The number of hydrogen-bond donors (Lipinski definition) is 2. The zero-order valence-electron chi connectivity index (χ0n) is 20.9. The Labute approximate surface area is 215 Å². The molecule has 37 heavy (non-hydrogen) atoms. The van der Waals surface area contributed by atoms with Gasteiger partial charge >= 0.3 is 0 Å². The molecule has 5 rings (SSSR count). The fourth-order valence-electron chi connectivity index (χ4n) is 4.51. The van der Waals surface area contributed by atoms with Crippen LogP contribution in [0.15, 0.2) is 49.3 Å². The van der Waals surface area contributed by atoms with Crippen molar-refractivity contribution in [2.45, 2.75) is 32.8 Å². The predicted molar refractivity (Wildman–Crippen MR) is 141 cm³/mol. The average Bonchev–Trinajstić information content (AvgIpc) is 3.55. The second-order valence-corrected chi connectivity index (χ2v) is 8.86. The Hall–Kier alpha value is -4.22. The van der Waals surface area contributed by atoms with Crippen LogP contribution in [-0.2, 0) is 32.8 Å². The van der Waals surface area contributed by atoms with Gasteiger partial charge in [-0.1, -0.05) is 41.3 Å². The number of benzene rings is 2. The molecule has 4 N–H and O–H groups in total. The van der Waals surface area contributed by atoms with E-state index in [4.69, 9.17) is 20.9 Å². The fraction of sp³-hybridized carbons (Fsp3) is 0.308. The van der Waals surface area contributed by atoms with Crippen LogP contribution in [-0.4, -0.2) is 50.1 Å². The molecule has 0 bridgehead atoms. The number of para-hydroxylation sites is 1. The molecule has 3 heterocycles. The first-order chi connectivity index (χ1) is 18.1. The lowest BCUT2D eigenvalue weighted by atomic mass is 9.91. The van der Waals surface area contributed by atoms with Gasteiger partial charge in [0.15, 0.2) is 11.5 Å². The van der Waals surface area contributed by atoms with Gasteiger partial charge in [0.05, 0.1) is 31.2 Å². The van der Waals surface area contributed by atoms with Crippen LogP contribution in [0.2, 0.25) is 0 Å². The number of fused-ring (bicyclic) bond motifs is 3. The van der Waals surface area contributed by atoms with Crippen LogP contribution in [0.25, 0.3) is 17.2 Å². The maximum Gasteiger partial charge on any atom is 0.162 e. The zero-order valence-corrected chi connectivity index (χ0v) is 20.9. The van der Waals surface area contributed by atoms with Crippen molar-refractivity contribution in [3.8, 4) is 22.6 Å². The largest absolute Gasteiger partial charge is 0.483 e. The molecule has 2 aromatic carbocycles. The van der Waals surface area contributed by atoms with Crippen LogP contribution >= 0.6 is 0 Å². The molecular formula is C26H31N9O2. The average molecular weight is 502 g/mol. The van der Waals surface area contributed by atoms with Crippen LogP contribution < -0.4 is 25.8 Å². The van der Waals surface area contributed by atoms with E-state index in [9.17, 15) is 0 Å². The van der Waals surface area contributed by atoms with Gasteiger partial charge in [-0.25, -0.2) is 0 Å². The molecule has 11 heteroatoms. The van der Waals surface area contributed by atoms with Crippen LogP contribution in [0.3, 0.4) is 0 Å². The summed E-state index contributed by atoms with van der Waals surface area (Å²) in [4.78, 5) is 2.23. The highest BCUT2D eigenvalue weighted by molar-refractivity contribution is 5.89. The van der Waals surface area contributed by atoms with Crippen LogP contribution in [0.1, 0.15) is 22.5 Å². The number of rotatable bonds is 11. The van der Waals surface area contributed by atoms with Gasteiger partial charge in [-0.15, -0.1) is 10.2 Å². The van der Waals surface area contributed by atoms with Gasteiger partial charge < -0.3 is 25.8 Å². The van der Waals surface area contributed by atoms with E-state index in [1.807, 2.05) is 36.7 Å². The molecule has 0 radical (unpaired) electrons. The molecule has 2 aromatic heterocycles. The van der Waals surface area contributed by atoms with Gasteiger partial charge in [0.25, 0.3) is 0 Å². The Morgan fingerprint density at radius 2 is 1.54 bits per heavy atom. The second-order valence-electron chi connectivity index (χ2n) is 8.86. The molecule has 0 fully saturated rings. The Bertz CT molecular complexity index is 1390. The van der Waals surface area contributed by atoms with Crippen LogP contribution in [0, 0.1) is 0 Å². The minimum absolute atomic E-state index is 0.242. The number of anilines is 1. The quantitative estimate of drug-likeness (QED) is 0.317. The normalized spacial score (nSPS) is 12.2. The topological polar surface area (TPSA) is 135 Å². The molecule has 1 aliphatic rings. The first-order valence-corrected chi connectivity index (χ1v) is 12.2. The van der Waals surface area contributed by atoms with Crippen LogP contribution in [0.4, 0.5) is 5.69 Å². The number of hydrogen-bond acceptors (Lipinski definition) is 9. The van der Waals surface area contributed by atoms with Crippen molar-refractivity contribution in [1.82, 2.24) is 30.0 Å². The summed E-state index contributed by atoms with van der Waals surface area (Å²) in [7, 11) is 2.08. The monoisotopic (exact) mass is 501 g/mol. The number of aromatic nitrogens is 6. The third-order valence-electron chi connectivity index (χ3n) is 6.18. The van der Waals surface area contributed by atoms with E-state index < -0.39 is 0 Å². The Kier molecular flexibility index (Phi) is 7.15. The van der Waals surface area contributed by atoms with Crippen molar-refractivity contribution < 1.29 is 9.47 Å². The number of ether oxygens (including phenoxy) is 2. The molecule has 0 spiro atoms. The molecule has 4 aromatic rings. The summed E-state index contributed by atoms with van der Waals surface area (Å²) in [6.45, 7) is 7.39. The lowest BCUT2D eigenvalue weighted by molar-refractivity contribution is 0.251. The van der Waals surface area contributed by atoms with Gasteiger partial charge in [-0.05, 0) is 28.8 Å². The van der Waals surface area contributed by atoms with E-state index in [0.29, 0.717) is 49.1 Å².